The second-order valence-electron chi connectivity index (χ2n) is 4.55. The molecule has 0 atom stereocenters. The average molecular weight is 255 g/mol. The summed E-state index contributed by atoms with van der Waals surface area (Å²) in [6.07, 6.45) is 0.994. The predicted molar refractivity (Wildman–Crippen MR) is 79.4 cm³/mol. The van der Waals surface area contributed by atoms with Gasteiger partial charge >= 0.3 is 0 Å². The standard InChI is InChI=1S/C17H21NO/c1-3-14-8-6-7-11-17(14)19-13-16-10-5-4-9-15(16)12-18-2/h4-11,18H,3,12-13H2,1-2H3. The summed E-state index contributed by atoms with van der Waals surface area (Å²) < 4.78 is 5.97. The van der Waals surface area contributed by atoms with Gasteiger partial charge in [-0.15, -0.1) is 0 Å². The average Bonchev–Trinajstić information content (AvgIpc) is 2.47. The van der Waals surface area contributed by atoms with E-state index in [0.717, 1.165) is 18.7 Å². The molecule has 0 aliphatic rings. The number of aryl methyl sites for hydroxylation is 1. The van der Waals surface area contributed by atoms with Crippen molar-refractivity contribution >= 4 is 0 Å². The Kier molecular flexibility index (Phi) is 4.99. The highest BCUT2D eigenvalue weighted by Gasteiger charge is 2.04. The van der Waals surface area contributed by atoms with Gasteiger partial charge in [0.05, 0.1) is 0 Å². The first kappa shape index (κ1) is 13.6. The fraction of sp³-hybridized carbons (Fsp3) is 0.294. The molecular formula is C17H21NO. The SMILES string of the molecule is CCc1ccccc1OCc1ccccc1CNC. The molecule has 0 spiro atoms. The Labute approximate surface area is 115 Å². The molecule has 2 rings (SSSR count). The van der Waals surface area contributed by atoms with Gasteiger partial charge in [0.2, 0.25) is 0 Å². The van der Waals surface area contributed by atoms with Gasteiger partial charge in [-0.2, -0.15) is 0 Å². The lowest BCUT2D eigenvalue weighted by Gasteiger charge is -2.13. The number of nitrogens with one attached hydrogen (secondary N) is 1. The first-order chi connectivity index (χ1) is 9.35. The molecule has 2 nitrogen and oxygen atoms in total. The third kappa shape index (κ3) is 3.58. The van der Waals surface area contributed by atoms with E-state index < -0.39 is 0 Å². The third-order valence-electron chi connectivity index (χ3n) is 3.22. The van der Waals surface area contributed by atoms with Crippen LogP contribution in [-0.2, 0) is 19.6 Å². The maximum absolute atomic E-state index is 5.97. The largest absolute Gasteiger partial charge is 0.489 e. The summed E-state index contributed by atoms with van der Waals surface area (Å²) in [7, 11) is 1.96. The minimum absolute atomic E-state index is 0.620. The molecule has 0 aliphatic heterocycles. The summed E-state index contributed by atoms with van der Waals surface area (Å²) >= 11 is 0. The second kappa shape index (κ2) is 6.95. The normalized spacial score (nSPS) is 10.4. The zero-order chi connectivity index (χ0) is 13.5. The number of hydrogen-bond acceptors (Lipinski definition) is 2. The lowest BCUT2D eigenvalue weighted by molar-refractivity contribution is 0.302. The highest BCUT2D eigenvalue weighted by atomic mass is 16.5. The van der Waals surface area contributed by atoms with Crippen molar-refractivity contribution in [2.24, 2.45) is 0 Å². The molecule has 0 saturated heterocycles. The van der Waals surface area contributed by atoms with Crippen LogP contribution in [0.3, 0.4) is 0 Å². The number of para-hydroxylation sites is 1. The van der Waals surface area contributed by atoms with Crippen LogP contribution >= 0.6 is 0 Å². The minimum atomic E-state index is 0.620. The van der Waals surface area contributed by atoms with Gasteiger partial charge in [0.15, 0.2) is 0 Å². The van der Waals surface area contributed by atoms with E-state index in [9.17, 15) is 0 Å². The molecule has 0 aliphatic carbocycles. The Morgan fingerprint density at radius 2 is 1.53 bits per heavy atom. The van der Waals surface area contributed by atoms with Crippen LogP contribution in [0.1, 0.15) is 23.6 Å². The Morgan fingerprint density at radius 1 is 0.895 bits per heavy atom. The monoisotopic (exact) mass is 255 g/mol. The van der Waals surface area contributed by atoms with Gasteiger partial charge in [-0.1, -0.05) is 49.4 Å². The van der Waals surface area contributed by atoms with Crippen LogP contribution < -0.4 is 10.1 Å². The van der Waals surface area contributed by atoms with E-state index in [0.29, 0.717) is 6.61 Å². The summed E-state index contributed by atoms with van der Waals surface area (Å²) in [5.41, 5.74) is 3.79. The number of ether oxygens (including phenoxy) is 1. The van der Waals surface area contributed by atoms with E-state index in [1.54, 1.807) is 0 Å². The van der Waals surface area contributed by atoms with Crippen LogP contribution in [0, 0.1) is 0 Å². The topological polar surface area (TPSA) is 21.3 Å². The molecule has 2 heteroatoms. The second-order valence-corrected chi connectivity index (χ2v) is 4.55. The molecule has 0 heterocycles. The van der Waals surface area contributed by atoms with Gasteiger partial charge in [0, 0.05) is 6.54 Å². The summed E-state index contributed by atoms with van der Waals surface area (Å²) in [6, 6.07) is 16.6. The van der Waals surface area contributed by atoms with Crippen LogP contribution in [0.2, 0.25) is 0 Å². The molecule has 0 saturated carbocycles. The Balaban J connectivity index is 2.10. The van der Waals surface area contributed by atoms with Crippen LogP contribution in [0.4, 0.5) is 0 Å². The zero-order valence-electron chi connectivity index (χ0n) is 11.6. The van der Waals surface area contributed by atoms with Crippen molar-refractivity contribution in [2.45, 2.75) is 26.5 Å². The summed E-state index contributed by atoms with van der Waals surface area (Å²) in [5, 5.41) is 3.19. The van der Waals surface area contributed by atoms with E-state index in [4.69, 9.17) is 4.74 Å². The van der Waals surface area contributed by atoms with Gasteiger partial charge in [0.1, 0.15) is 12.4 Å². The highest BCUT2D eigenvalue weighted by Crippen LogP contribution is 2.20. The fourth-order valence-electron chi connectivity index (χ4n) is 2.15. The van der Waals surface area contributed by atoms with Gasteiger partial charge in [0.25, 0.3) is 0 Å². The number of rotatable bonds is 6. The summed E-state index contributed by atoms with van der Waals surface area (Å²) in [4.78, 5) is 0. The molecule has 0 fully saturated rings. The molecule has 0 amide bonds. The summed E-state index contributed by atoms with van der Waals surface area (Å²) in [6.45, 7) is 3.64. The smallest absolute Gasteiger partial charge is 0.122 e. The van der Waals surface area contributed by atoms with Crippen molar-refractivity contribution in [2.75, 3.05) is 7.05 Å². The van der Waals surface area contributed by atoms with Crippen molar-refractivity contribution in [3.8, 4) is 5.75 Å². The van der Waals surface area contributed by atoms with Crippen molar-refractivity contribution in [3.05, 3.63) is 65.2 Å². The number of hydrogen-bond donors (Lipinski definition) is 1. The van der Waals surface area contributed by atoms with E-state index in [2.05, 4.69) is 48.6 Å². The van der Waals surface area contributed by atoms with Crippen LogP contribution in [-0.4, -0.2) is 7.05 Å². The first-order valence-electron chi connectivity index (χ1n) is 6.77. The quantitative estimate of drug-likeness (QED) is 0.852. The Morgan fingerprint density at radius 3 is 2.21 bits per heavy atom. The molecule has 2 aromatic rings. The van der Waals surface area contributed by atoms with Crippen molar-refractivity contribution in [1.29, 1.82) is 0 Å². The zero-order valence-corrected chi connectivity index (χ0v) is 11.6. The van der Waals surface area contributed by atoms with E-state index in [1.165, 1.54) is 16.7 Å². The van der Waals surface area contributed by atoms with Gasteiger partial charge in [-0.05, 0) is 36.2 Å². The molecular weight excluding hydrogens is 234 g/mol. The molecule has 2 aromatic carbocycles. The maximum Gasteiger partial charge on any atom is 0.122 e. The molecule has 19 heavy (non-hydrogen) atoms. The molecule has 0 bridgehead atoms. The highest BCUT2D eigenvalue weighted by molar-refractivity contribution is 5.34. The van der Waals surface area contributed by atoms with Gasteiger partial charge in [-0.25, -0.2) is 0 Å². The van der Waals surface area contributed by atoms with Gasteiger partial charge < -0.3 is 10.1 Å². The van der Waals surface area contributed by atoms with E-state index >= 15 is 0 Å². The third-order valence-corrected chi connectivity index (χ3v) is 3.22. The van der Waals surface area contributed by atoms with Crippen molar-refractivity contribution < 1.29 is 4.74 Å². The van der Waals surface area contributed by atoms with E-state index in [-0.39, 0.29) is 0 Å². The molecule has 0 unspecified atom stereocenters. The van der Waals surface area contributed by atoms with E-state index in [1.807, 2.05) is 19.2 Å². The van der Waals surface area contributed by atoms with Crippen LogP contribution in [0.15, 0.2) is 48.5 Å². The minimum Gasteiger partial charge on any atom is -0.489 e. The molecule has 1 N–H and O–H groups in total. The fourth-order valence-corrected chi connectivity index (χ4v) is 2.15. The van der Waals surface area contributed by atoms with Crippen LogP contribution in [0.5, 0.6) is 5.75 Å². The number of benzene rings is 2. The van der Waals surface area contributed by atoms with Gasteiger partial charge in [-0.3, -0.25) is 0 Å². The van der Waals surface area contributed by atoms with Crippen molar-refractivity contribution in [3.63, 3.8) is 0 Å². The predicted octanol–water partition coefficient (Wildman–Crippen LogP) is 3.55. The molecule has 0 radical (unpaired) electrons. The maximum atomic E-state index is 5.97. The first-order valence-corrected chi connectivity index (χ1v) is 6.77. The summed E-state index contributed by atoms with van der Waals surface area (Å²) in [5.74, 6) is 0.990. The molecule has 0 aromatic heterocycles. The lowest BCUT2D eigenvalue weighted by Crippen LogP contribution is -2.09. The van der Waals surface area contributed by atoms with Crippen LogP contribution in [0.25, 0.3) is 0 Å². The Hall–Kier alpha value is -1.80. The molecule has 100 valence electrons. The lowest BCUT2D eigenvalue weighted by atomic mass is 10.1. The van der Waals surface area contributed by atoms with Crippen molar-refractivity contribution in [1.82, 2.24) is 5.32 Å². The Bertz CT molecular complexity index is 522.